The van der Waals surface area contributed by atoms with E-state index in [1.165, 1.54) is 0 Å². The number of pyridine rings is 1. The molecule has 8 heteroatoms. The topological polar surface area (TPSA) is 81.7 Å². The first-order valence-corrected chi connectivity index (χ1v) is 10.7. The fraction of sp³-hybridized carbons (Fsp3) is 0.167. The van der Waals surface area contributed by atoms with Crippen LogP contribution >= 0.6 is 11.6 Å². The SMILES string of the molecule is CC(C)n1ncc(Cl)c1-c1nc(NCc2ccc(-c3ccccn3)cc2)c2occc2n1. The number of hydrogen-bond acceptors (Lipinski definition) is 6. The van der Waals surface area contributed by atoms with Crippen molar-refractivity contribution in [1.29, 1.82) is 0 Å². The van der Waals surface area contributed by atoms with Crippen LogP contribution in [0.2, 0.25) is 5.02 Å². The van der Waals surface area contributed by atoms with Crippen LogP contribution < -0.4 is 5.32 Å². The van der Waals surface area contributed by atoms with Gasteiger partial charge in [0.25, 0.3) is 0 Å². The third-order valence-electron chi connectivity index (χ3n) is 5.13. The smallest absolute Gasteiger partial charge is 0.194 e. The first kappa shape index (κ1) is 20.2. The molecule has 0 radical (unpaired) electrons. The number of aromatic nitrogens is 5. The van der Waals surface area contributed by atoms with Crippen LogP contribution in [0.15, 0.2) is 71.6 Å². The van der Waals surface area contributed by atoms with Gasteiger partial charge >= 0.3 is 0 Å². The number of nitrogens with zero attached hydrogens (tertiary/aromatic N) is 5. The summed E-state index contributed by atoms with van der Waals surface area (Å²) in [5.74, 6) is 1.11. The summed E-state index contributed by atoms with van der Waals surface area (Å²) >= 11 is 6.43. The van der Waals surface area contributed by atoms with Crippen LogP contribution in [0.1, 0.15) is 25.5 Å². The van der Waals surface area contributed by atoms with E-state index in [4.69, 9.17) is 21.0 Å². The lowest BCUT2D eigenvalue weighted by Gasteiger charge is -2.12. The van der Waals surface area contributed by atoms with E-state index in [9.17, 15) is 0 Å². The van der Waals surface area contributed by atoms with Gasteiger partial charge in [0.1, 0.15) is 11.2 Å². The van der Waals surface area contributed by atoms with Gasteiger partial charge in [-0.1, -0.05) is 41.9 Å². The number of benzene rings is 1. The molecular formula is C24H21ClN6O. The molecule has 0 saturated heterocycles. The minimum absolute atomic E-state index is 0.121. The molecule has 0 saturated carbocycles. The molecule has 0 atom stereocenters. The van der Waals surface area contributed by atoms with Gasteiger partial charge in [0.05, 0.1) is 23.2 Å². The second-order valence-corrected chi connectivity index (χ2v) is 8.08. The van der Waals surface area contributed by atoms with Crippen molar-refractivity contribution < 1.29 is 4.42 Å². The Morgan fingerprint density at radius 1 is 1.06 bits per heavy atom. The Bertz CT molecular complexity index is 1360. The lowest BCUT2D eigenvalue weighted by molar-refractivity contribution is 0.537. The summed E-state index contributed by atoms with van der Waals surface area (Å²) in [6.45, 7) is 4.65. The maximum Gasteiger partial charge on any atom is 0.194 e. The van der Waals surface area contributed by atoms with Gasteiger partial charge < -0.3 is 9.73 Å². The Balaban J connectivity index is 1.44. The average molecular weight is 445 g/mol. The molecule has 0 bridgehead atoms. The van der Waals surface area contributed by atoms with Crippen molar-refractivity contribution in [3.63, 3.8) is 0 Å². The van der Waals surface area contributed by atoms with Crippen LogP contribution in [-0.4, -0.2) is 24.7 Å². The van der Waals surface area contributed by atoms with Crippen molar-refractivity contribution >= 4 is 28.5 Å². The van der Waals surface area contributed by atoms with Gasteiger partial charge in [-0.2, -0.15) is 5.10 Å². The van der Waals surface area contributed by atoms with Gasteiger partial charge in [0.2, 0.25) is 0 Å². The molecule has 32 heavy (non-hydrogen) atoms. The van der Waals surface area contributed by atoms with Crippen molar-refractivity contribution in [3.8, 4) is 22.8 Å². The van der Waals surface area contributed by atoms with Crippen molar-refractivity contribution in [2.45, 2.75) is 26.4 Å². The van der Waals surface area contributed by atoms with Crippen molar-refractivity contribution in [3.05, 3.63) is 77.8 Å². The maximum absolute atomic E-state index is 6.43. The van der Waals surface area contributed by atoms with E-state index >= 15 is 0 Å². The van der Waals surface area contributed by atoms with Gasteiger partial charge in [-0.3, -0.25) is 9.67 Å². The van der Waals surface area contributed by atoms with E-state index in [1.807, 2.05) is 42.8 Å². The van der Waals surface area contributed by atoms with Crippen LogP contribution in [0.25, 0.3) is 33.9 Å². The molecule has 0 aliphatic carbocycles. The molecule has 1 N–H and O–H groups in total. The highest BCUT2D eigenvalue weighted by atomic mass is 35.5. The lowest BCUT2D eigenvalue weighted by atomic mass is 10.1. The zero-order chi connectivity index (χ0) is 22.1. The number of hydrogen-bond donors (Lipinski definition) is 1. The number of anilines is 1. The maximum atomic E-state index is 6.43. The number of fused-ring (bicyclic) bond motifs is 1. The highest BCUT2D eigenvalue weighted by Crippen LogP contribution is 2.31. The average Bonchev–Trinajstić information content (AvgIpc) is 3.45. The van der Waals surface area contributed by atoms with Gasteiger partial charge in [0.15, 0.2) is 17.2 Å². The molecule has 0 fully saturated rings. The van der Waals surface area contributed by atoms with Gasteiger partial charge in [-0.05, 0) is 31.5 Å². The molecule has 160 valence electrons. The molecule has 0 aliphatic rings. The summed E-state index contributed by atoms with van der Waals surface area (Å²) in [7, 11) is 0. The molecule has 0 aliphatic heterocycles. The summed E-state index contributed by atoms with van der Waals surface area (Å²) < 4.78 is 7.47. The highest BCUT2D eigenvalue weighted by Gasteiger charge is 2.19. The minimum Gasteiger partial charge on any atom is -0.459 e. The van der Waals surface area contributed by atoms with Gasteiger partial charge in [-0.15, -0.1) is 0 Å². The Hall–Kier alpha value is -3.71. The summed E-state index contributed by atoms with van der Waals surface area (Å²) in [5.41, 5.74) is 5.12. The number of rotatable bonds is 6. The zero-order valence-corrected chi connectivity index (χ0v) is 18.4. The van der Waals surface area contributed by atoms with Crippen LogP contribution in [0.4, 0.5) is 5.82 Å². The molecular weight excluding hydrogens is 424 g/mol. The molecule has 0 unspecified atom stereocenters. The Labute approximate surface area is 190 Å². The fourth-order valence-electron chi connectivity index (χ4n) is 3.54. The van der Waals surface area contributed by atoms with Crippen molar-refractivity contribution in [2.24, 2.45) is 0 Å². The molecule has 4 heterocycles. The molecule has 0 amide bonds. The zero-order valence-electron chi connectivity index (χ0n) is 17.7. The lowest BCUT2D eigenvalue weighted by Crippen LogP contribution is -2.08. The first-order chi connectivity index (χ1) is 15.6. The van der Waals surface area contributed by atoms with E-state index in [1.54, 1.807) is 18.7 Å². The molecule has 4 aromatic heterocycles. The third-order valence-corrected chi connectivity index (χ3v) is 5.41. The molecule has 7 nitrogen and oxygen atoms in total. The van der Waals surface area contributed by atoms with Crippen LogP contribution in [0.3, 0.4) is 0 Å². The number of furan rings is 1. The third kappa shape index (κ3) is 3.83. The van der Waals surface area contributed by atoms with Crippen LogP contribution in [-0.2, 0) is 6.54 Å². The van der Waals surface area contributed by atoms with E-state index < -0.39 is 0 Å². The summed E-state index contributed by atoms with van der Waals surface area (Å²) in [6, 6.07) is 16.1. The number of halogens is 1. The predicted octanol–water partition coefficient (Wildman–Crippen LogP) is 5.99. The predicted molar refractivity (Wildman–Crippen MR) is 125 cm³/mol. The molecule has 1 aromatic carbocycles. The molecule has 0 spiro atoms. The minimum atomic E-state index is 0.121. The van der Waals surface area contributed by atoms with Crippen LogP contribution in [0.5, 0.6) is 0 Å². The Morgan fingerprint density at radius 3 is 2.66 bits per heavy atom. The van der Waals surface area contributed by atoms with Crippen molar-refractivity contribution in [2.75, 3.05) is 5.32 Å². The summed E-state index contributed by atoms with van der Waals surface area (Å²) in [6.07, 6.45) is 5.02. The van der Waals surface area contributed by atoms with Crippen molar-refractivity contribution in [1.82, 2.24) is 24.7 Å². The van der Waals surface area contributed by atoms with Crippen LogP contribution in [0, 0.1) is 0 Å². The van der Waals surface area contributed by atoms with E-state index in [0.29, 0.717) is 40.0 Å². The summed E-state index contributed by atoms with van der Waals surface area (Å²) in [5, 5.41) is 8.27. The first-order valence-electron chi connectivity index (χ1n) is 10.3. The molecule has 5 rings (SSSR count). The van der Waals surface area contributed by atoms with E-state index in [0.717, 1.165) is 16.8 Å². The second kappa shape index (κ2) is 8.43. The second-order valence-electron chi connectivity index (χ2n) is 7.68. The van der Waals surface area contributed by atoms with E-state index in [-0.39, 0.29) is 6.04 Å². The highest BCUT2D eigenvalue weighted by molar-refractivity contribution is 6.32. The Morgan fingerprint density at radius 2 is 1.91 bits per heavy atom. The number of nitrogens with one attached hydrogen (secondary N) is 1. The normalized spacial score (nSPS) is 11.4. The standard InChI is InChI=1S/C24H21ClN6O/c1-15(2)31-21(18(25)14-28-31)23-29-20-10-12-32-22(20)24(30-23)27-13-16-6-8-17(9-7-16)19-5-3-4-11-26-19/h3-12,14-15H,13H2,1-2H3,(H,27,29,30). The quantitative estimate of drug-likeness (QED) is 0.346. The van der Waals surface area contributed by atoms with Gasteiger partial charge in [0, 0.05) is 30.4 Å². The fourth-order valence-corrected chi connectivity index (χ4v) is 3.76. The summed E-state index contributed by atoms with van der Waals surface area (Å²) in [4.78, 5) is 13.8. The van der Waals surface area contributed by atoms with Gasteiger partial charge in [-0.25, -0.2) is 9.97 Å². The van der Waals surface area contributed by atoms with E-state index in [2.05, 4.69) is 44.6 Å². The Kier molecular flexibility index (Phi) is 5.33. The largest absolute Gasteiger partial charge is 0.459 e. The monoisotopic (exact) mass is 444 g/mol. The molecule has 5 aromatic rings.